The first-order valence-corrected chi connectivity index (χ1v) is 13.4. The molecule has 0 bridgehead atoms. The number of benzene rings is 1. The lowest BCUT2D eigenvalue weighted by molar-refractivity contribution is -0.151. The van der Waals surface area contributed by atoms with Crippen LogP contribution in [0.5, 0.6) is 0 Å². The van der Waals surface area contributed by atoms with Gasteiger partial charge in [0.2, 0.25) is 17.7 Å². The first-order chi connectivity index (χ1) is 17.0. The number of fused-ring (bicyclic) bond motifs is 1. The second kappa shape index (κ2) is 12.8. The third kappa shape index (κ3) is 8.39. The minimum atomic E-state index is -0.946. The molecule has 0 radical (unpaired) electrons. The fourth-order valence-electron chi connectivity index (χ4n) is 5.56. The van der Waals surface area contributed by atoms with Gasteiger partial charge in [0.05, 0.1) is 31.2 Å². The number of carbonyl (C=O) groups excluding carboxylic acids is 3. The summed E-state index contributed by atoms with van der Waals surface area (Å²) in [6, 6.07) is 8.68. The number of hydrogen-bond acceptors (Lipinski definition) is 6. The van der Waals surface area contributed by atoms with Gasteiger partial charge in [-0.15, -0.1) is 0 Å². The Balaban J connectivity index is 1.77. The van der Waals surface area contributed by atoms with Crippen molar-refractivity contribution in [2.24, 2.45) is 11.7 Å². The number of amides is 3. The molecule has 1 saturated heterocycles. The fraction of sp³-hybridized carbons (Fsp3) is 0.679. The summed E-state index contributed by atoms with van der Waals surface area (Å²) in [5, 5.41) is 17.6. The minimum absolute atomic E-state index is 0.113. The Morgan fingerprint density at radius 3 is 2.47 bits per heavy atom. The number of aliphatic hydroxyl groups is 1. The summed E-state index contributed by atoms with van der Waals surface area (Å²) in [6.07, 6.45) is 6.16. The molecule has 200 valence electrons. The molecular formula is C28H44N4O4. The Kier molecular flexibility index (Phi) is 10.0. The molecule has 36 heavy (non-hydrogen) atoms. The van der Waals surface area contributed by atoms with Gasteiger partial charge in [-0.2, -0.15) is 0 Å². The van der Waals surface area contributed by atoms with E-state index in [-0.39, 0.29) is 24.9 Å². The molecule has 8 heteroatoms. The maximum Gasteiger partial charge on any atom is 0.246 e. The van der Waals surface area contributed by atoms with Crippen molar-refractivity contribution in [3.8, 4) is 0 Å². The van der Waals surface area contributed by atoms with E-state index in [0.29, 0.717) is 25.2 Å². The average Bonchev–Trinajstić information content (AvgIpc) is 2.84. The summed E-state index contributed by atoms with van der Waals surface area (Å²) in [6.45, 7) is 5.56. The topological polar surface area (TPSA) is 125 Å². The van der Waals surface area contributed by atoms with Gasteiger partial charge in [-0.05, 0) is 70.8 Å². The van der Waals surface area contributed by atoms with Gasteiger partial charge in [0.15, 0.2) is 0 Å². The number of nitrogens with two attached hydrogens (primary N) is 1. The van der Waals surface area contributed by atoms with Crippen molar-refractivity contribution < 1.29 is 19.5 Å². The number of carbonyl (C=O) groups is 3. The normalized spacial score (nSPS) is 23.8. The second-order valence-corrected chi connectivity index (χ2v) is 11.5. The first kappa shape index (κ1) is 28.3. The molecule has 5 atom stereocenters. The SMILES string of the molecule is CC(C)(C)NC(CC(N)=O)C(=O)N(C[C@H](O)CCc1ccccc1)C(=O)C1CC[C@@H]2CCCCC2N1. The highest BCUT2D eigenvalue weighted by Crippen LogP contribution is 2.32. The van der Waals surface area contributed by atoms with E-state index in [0.717, 1.165) is 24.8 Å². The smallest absolute Gasteiger partial charge is 0.246 e. The number of nitrogens with one attached hydrogen (secondary N) is 2. The lowest BCUT2D eigenvalue weighted by atomic mass is 9.77. The number of aliphatic hydroxyl groups excluding tert-OH is 1. The van der Waals surface area contributed by atoms with Gasteiger partial charge >= 0.3 is 0 Å². The summed E-state index contributed by atoms with van der Waals surface area (Å²) in [4.78, 5) is 40.5. The van der Waals surface area contributed by atoms with Crippen LogP contribution < -0.4 is 16.4 Å². The Morgan fingerprint density at radius 2 is 1.81 bits per heavy atom. The molecule has 8 nitrogen and oxygen atoms in total. The summed E-state index contributed by atoms with van der Waals surface area (Å²) >= 11 is 0. The Hall–Kier alpha value is -2.29. The van der Waals surface area contributed by atoms with Gasteiger partial charge in [0.1, 0.15) is 0 Å². The summed E-state index contributed by atoms with van der Waals surface area (Å²) < 4.78 is 0. The van der Waals surface area contributed by atoms with E-state index < -0.39 is 35.5 Å². The molecule has 2 aliphatic rings. The van der Waals surface area contributed by atoms with E-state index in [4.69, 9.17) is 5.73 Å². The third-order valence-electron chi connectivity index (χ3n) is 7.29. The maximum absolute atomic E-state index is 13.8. The predicted octanol–water partition coefficient (Wildman–Crippen LogP) is 2.28. The Labute approximate surface area is 215 Å². The van der Waals surface area contributed by atoms with Gasteiger partial charge in [0, 0.05) is 11.6 Å². The van der Waals surface area contributed by atoms with E-state index in [1.54, 1.807) is 0 Å². The quantitative estimate of drug-likeness (QED) is 0.391. The van der Waals surface area contributed by atoms with Crippen molar-refractivity contribution >= 4 is 17.7 Å². The molecule has 3 rings (SSSR count). The van der Waals surface area contributed by atoms with Crippen molar-refractivity contribution in [1.82, 2.24) is 15.5 Å². The molecule has 0 aromatic heterocycles. The summed E-state index contributed by atoms with van der Waals surface area (Å²) in [5.74, 6) is -0.885. The molecule has 1 aliphatic heterocycles. The largest absolute Gasteiger partial charge is 0.391 e. The summed E-state index contributed by atoms with van der Waals surface area (Å²) in [5.41, 5.74) is 6.06. The zero-order valence-electron chi connectivity index (χ0n) is 22.0. The molecule has 1 saturated carbocycles. The number of imide groups is 1. The monoisotopic (exact) mass is 500 g/mol. The molecule has 3 amide bonds. The van der Waals surface area contributed by atoms with E-state index in [9.17, 15) is 19.5 Å². The van der Waals surface area contributed by atoms with Gasteiger partial charge < -0.3 is 21.5 Å². The molecule has 1 heterocycles. The first-order valence-electron chi connectivity index (χ1n) is 13.4. The van der Waals surface area contributed by atoms with Crippen molar-refractivity contribution in [1.29, 1.82) is 0 Å². The zero-order chi connectivity index (χ0) is 26.3. The lowest BCUT2D eigenvalue weighted by Gasteiger charge is -2.41. The fourth-order valence-corrected chi connectivity index (χ4v) is 5.56. The molecule has 5 N–H and O–H groups in total. The second-order valence-electron chi connectivity index (χ2n) is 11.5. The number of hydrogen-bond donors (Lipinski definition) is 4. The van der Waals surface area contributed by atoms with Crippen LogP contribution >= 0.6 is 0 Å². The van der Waals surface area contributed by atoms with Crippen molar-refractivity contribution in [2.75, 3.05) is 6.54 Å². The average molecular weight is 501 g/mol. The Bertz CT molecular complexity index is 885. The van der Waals surface area contributed by atoms with Crippen molar-refractivity contribution in [2.45, 2.75) is 108 Å². The van der Waals surface area contributed by atoms with Crippen LogP contribution in [0.1, 0.15) is 77.7 Å². The van der Waals surface area contributed by atoms with Gasteiger partial charge in [-0.25, -0.2) is 0 Å². The predicted molar refractivity (Wildman–Crippen MR) is 140 cm³/mol. The van der Waals surface area contributed by atoms with Crippen LogP contribution in [0.25, 0.3) is 0 Å². The minimum Gasteiger partial charge on any atom is -0.391 e. The van der Waals surface area contributed by atoms with Gasteiger partial charge in [-0.3, -0.25) is 19.3 Å². The maximum atomic E-state index is 13.8. The van der Waals surface area contributed by atoms with E-state index in [1.165, 1.54) is 17.7 Å². The highest BCUT2D eigenvalue weighted by molar-refractivity contribution is 6.01. The van der Waals surface area contributed by atoms with Gasteiger partial charge in [-0.1, -0.05) is 43.2 Å². The Morgan fingerprint density at radius 1 is 1.11 bits per heavy atom. The number of rotatable bonds is 10. The summed E-state index contributed by atoms with van der Waals surface area (Å²) in [7, 11) is 0. The van der Waals surface area contributed by atoms with E-state index >= 15 is 0 Å². The third-order valence-corrected chi connectivity index (χ3v) is 7.29. The molecule has 3 unspecified atom stereocenters. The van der Waals surface area contributed by atoms with Crippen molar-refractivity contribution in [3.05, 3.63) is 35.9 Å². The number of nitrogens with zero attached hydrogens (tertiary/aromatic N) is 1. The van der Waals surface area contributed by atoms with Crippen LogP contribution in [-0.4, -0.2) is 64.0 Å². The standard InChI is InChI=1S/C28H44N4O4/c1-28(2,3)31-24(17-25(29)34)27(36)32(18-21(33)15-13-19-9-5-4-6-10-19)26(35)23-16-14-20-11-7-8-12-22(20)30-23/h4-6,9-10,20-24,30-31,33H,7-8,11-18H2,1-3H3,(H2,29,34)/t20-,21+,22?,23?,24?/m0/s1. The van der Waals surface area contributed by atoms with Crippen LogP contribution in [0.4, 0.5) is 0 Å². The van der Waals surface area contributed by atoms with E-state index in [1.807, 2.05) is 51.1 Å². The molecular weight excluding hydrogens is 456 g/mol. The highest BCUT2D eigenvalue weighted by Gasteiger charge is 2.40. The molecule has 2 fully saturated rings. The molecule has 1 aromatic carbocycles. The lowest BCUT2D eigenvalue weighted by Crippen LogP contribution is -2.61. The highest BCUT2D eigenvalue weighted by atomic mass is 16.3. The molecule has 1 aromatic rings. The van der Waals surface area contributed by atoms with Crippen LogP contribution in [-0.2, 0) is 20.8 Å². The van der Waals surface area contributed by atoms with Crippen LogP contribution in [0.3, 0.4) is 0 Å². The molecule has 0 spiro atoms. The van der Waals surface area contributed by atoms with Crippen LogP contribution in [0.15, 0.2) is 30.3 Å². The zero-order valence-corrected chi connectivity index (χ0v) is 22.0. The van der Waals surface area contributed by atoms with Crippen LogP contribution in [0.2, 0.25) is 0 Å². The van der Waals surface area contributed by atoms with E-state index in [2.05, 4.69) is 10.6 Å². The number of primary amides is 1. The molecule has 1 aliphatic carbocycles. The number of aryl methyl sites for hydroxylation is 1. The van der Waals surface area contributed by atoms with Crippen molar-refractivity contribution in [3.63, 3.8) is 0 Å². The van der Waals surface area contributed by atoms with Gasteiger partial charge in [0.25, 0.3) is 0 Å². The van der Waals surface area contributed by atoms with Crippen LogP contribution in [0, 0.1) is 5.92 Å². The number of piperidine rings is 1.